The summed E-state index contributed by atoms with van der Waals surface area (Å²) < 4.78 is 2.68. The second-order valence-corrected chi connectivity index (χ2v) is 6.07. The van der Waals surface area contributed by atoms with E-state index in [0.717, 1.165) is 16.6 Å². The number of benzene rings is 1. The lowest BCUT2D eigenvalue weighted by Crippen LogP contribution is -2.22. The Bertz CT molecular complexity index is 843. The van der Waals surface area contributed by atoms with Crippen LogP contribution in [-0.2, 0) is 11.3 Å². The SMILES string of the molecule is CCCn1nccc1NC(=O)C(C#N)c1nc2ccccc2s1. The van der Waals surface area contributed by atoms with E-state index in [2.05, 4.69) is 15.4 Å². The van der Waals surface area contributed by atoms with E-state index in [4.69, 9.17) is 0 Å². The first-order chi connectivity index (χ1) is 11.2. The summed E-state index contributed by atoms with van der Waals surface area (Å²) in [6.45, 7) is 2.74. The van der Waals surface area contributed by atoms with Gasteiger partial charge in [0.05, 0.1) is 22.5 Å². The van der Waals surface area contributed by atoms with Crippen LogP contribution in [-0.4, -0.2) is 20.7 Å². The molecule has 0 bridgehead atoms. The van der Waals surface area contributed by atoms with E-state index in [0.29, 0.717) is 17.4 Å². The van der Waals surface area contributed by atoms with Gasteiger partial charge in [-0.15, -0.1) is 11.3 Å². The topological polar surface area (TPSA) is 83.6 Å². The maximum absolute atomic E-state index is 12.5. The summed E-state index contributed by atoms with van der Waals surface area (Å²) in [5, 5.41) is 16.8. The van der Waals surface area contributed by atoms with Crippen LogP contribution in [0.3, 0.4) is 0 Å². The van der Waals surface area contributed by atoms with Gasteiger partial charge in [0, 0.05) is 12.6 Å². The standard InChI is InChI=1S/C16H15N5OS/c1-2-9-21-14(7-8-18-21)20-15(22)11(10-17)16-19-12-5-3-4-6-13(12)23-16/h3-8,11H,2,9H2,1H3,(H,20,22). The van der Waals surface area contributed by atoms with Crippen LogP contribution in [0.4, 0.5) is 5.82 Å². The second-order valence-electron chi connectivity index (χ2n) is 5.01. The number of nitriles is 1. The van der Waals surface area contributed by atoms with Crippen molar-refractivity contribution in [3.8, 4) is 6.07 Å². The summed E-state index contributed by atoms with van der Waals surface area (Å²) >= 11 is 1.37. The fourth-order valence-corrected chi connectivity index (χ4v) is 3.28. The average Bonchev–Trinajstić information content (AvgIpc) is 3.15. The van der Waals surface area contributed by atoms with Crippen molar-refractivity contribution in [1.82, 2.24) is 14.8 Å². The fraction of sp³-hybridized carbons (Fsp3) is 0.250. The molecule has 0 aliphatic rings. The number of carbonyl (C=O) groups is 1. The number of carbonyl (C=O) groups excluding carboxylic acids is 1. The summed E-state index contributed by atoms with van der Waals surface area (Å²) in [5.41, 5.74) is 0.802. The molecule has 2 aromatic heterocycles. The third-order valence-corrected chi connectivity index (χ3v) is 4.45. The number of hydrogen-bond acceptors (Lipinski definition) is 5. The lowest BCUT2D eigenvalue weighted by molar-refractivity contribution is -0.116. The highest BCUT2D eigenvalue weighted by Crippen LogP contribution is 2.28. The molecule has 23 heavy (non-hydrogen) atoms. The first-order valence-corrected chi connectivity index (χ1v) is 8.12. The molecular formula is C16H15N5OS. The van der Waals surface area contributed by atoms with E-state index in [1.807, 2.05) is 37.3 Å². The number of rotatable bonds is 5. The monoisotopic (exact) mass is 325 g/mol. The molecule has 1 amide bonds. The van der Waals surface area contributed by atoms with E-state index < -0.39 is 5.92 Å². The third kappa shape index (κ3) is 3.07. The number of nitrogens with zero attached hydrogens (tertiary/aromatic N) is 4. The zero-order valence-corrected chi connectivity index (χ0v) is 13.4. The van der Waals surface area contributed by atoms with Crippen molar-refractivity contribution in [1.29, 1.82) is 5.26 Å². The van der Waals surface area contributed by atoms with Crippen LogP contribution in [0.2, 0.25) is 0 Å². The summed E-state index contributed by atoms with van der Waals surface area (Å²) in [5.74, 6) is -0.722. The summed E-state index contributed by atoms with van der Waals surface area (Å²) in [6.07, 6.45) is 2.54. The van der Waals surface area contributed by atoms with Crippen molar-refractivity contribution in [3.05, 3.63) is 41.5 Å². The van der Waals surface area contributed by atoms with Crippen molar-refractivity contribution >= 4 is 33.3 Å². The summed E-state index contributed by atoms with van der Waals surface area (Å²) in [4.78, 5) is 16.9. The maximum atomic E-state index is 12.5. The fourth-order valence-electron chi connectivity index (χ4n) is 2.27. The number of para-hydroxylation sites is 1. The van der Waals surface area contributed by atoms with Crippen LogP contribution in [0, 0.1) is 11.3 Å². The van der Waals surface area contributed by atoms with Crippen molar-refractivity contribution < 1.29 is 4.79 Å². The maximum Gasteiger partial charge on any atom is 0.249 e. The van der Waals surface area contributed by atoms with Crippen molar-refractivity contribution in [2.75, 3.05) is 5.32 Å². The molecule has 1 N–H and O–H groups in total. The predicted octanol–water partition coefficient (Wildman–Crippen LogP) is 3.15. The number of nitrogens with one attached hydrogen (secondary N) is 1. The highest BCUT2D eigenvalue weighted by atomic mass is 32.1. The molecule has 0 spiro atoms. The molecule has 0 saturated carbocycles. The van der Waals surface area contributed by atoms with E-state index in [1.165, 1.54) is 11.3 Å². The minimum Gasteiger partial charge on any atom is -0.309 e. The molecule has 0 fully saturated rings. The quantitative estimate of drug-likeness (QED) is 0.781. The van der Waals surface area contributed by atoms with Gasteiger partial charge in [0.15, 0.2) is 5.92 Å². The van der Waals surface area contributed by atoms with Gasteiger partial charge in [-0.1, -0.05) is 19.1 Å². The molecular weight excluding hydrogens is 310 g/mol. The van der Waals surface area contributed by atoms with E-state index in [1.54, 1.807) is 16.9 Å². The lowest BCUT2D eigenvalue weighted by atomic mass is 10.1. The molecule has 0 radical (unpaired) electrons. The number of aromatic nitrogens is 3. The van der Waals surface area contributed by atoms with Crippen LogP contribution in [0.5, 0.6) is 0 Å². The van der Waals surface area contributed by atoms with E-state index in [9.17, 15) is 10.1 Å². The van der Waals surface area contributed by atoms with Gasteiger partial charge in [-0.05, 0) is 18.6 Å². The molecule has 0 aliphatic heterocycles. The van der Waals surface area contributed by atoms with Gasteiger partial charge in [0.2, 0.25) is 5.91 Å². The van der Waals surface area contributed by atoms with Crippen molar-refractivity contribution in [3.63, 3.8) is 0 Å². The Kier molecular flexibility index (Phi) is 4.35. The normalized spacial score (nSPS) is 12.0. The van der Waals surface area contributed by atoms with Crippen LogP contribution in [0.1, 0.15) is 24.3 Å². The van der Waals surface area contributed by atoms with Gasteiger partial charge in [-0.3, -0.25) is 4.79 Å². The summed E-state index contributed by atoms with van der Waals surface area (Å²) in [7, 11) is 0. The molecule has 6 nitrogen and oxygen atoms in total. The molecule has 3 aromatic rings. The Morgan fingerprint density at radius 3 is 3.00 bits per heavy atom. The largest absolute Gasteiger partial charge is 0.309 e. The molecule has 3 rings (SSSR count). The number of anilines is 1. The van der Waals surface area contributed by atoms with Gasteiger partial charge in [0.1, 0.15) is 10.8 Å². The van der Waals surface area contributed by atoms with Crippen LogP contribution in [0.25, 0.3) is 10.2 Å². The molecule has 1 atom stereocenters. The minimum absolute atomic E-state index is 0.385. The zero-order chi connectivity index (χ0) is 16.2. The molecule has 1 aromatic carbocycles. The zero-order valence-electron chi connectivity index (χ0n) is 12.6. The van der Waals surface area contributed by atoms with Gasteiger partial charge < -0.3 is 5.32 Å². The smallest absolute Gasteiger partial charge is 0.249 e. The van der Waals surface area contributed by atoms with Crippen LogP contribution >= 0.6 is 11.3 Å². The highest BCUT2D eigenvalue weighted by molar-refractivity contribution is 7.18. The van der Waals surface area contributed by atoms with Crippen LogP contribution < -0.4 is 5.32 Å². The van der Waals surface area contributed by atoms with E-state index >= 15 is 0 Å². The first kappa shape index (κ1) is 15.2. The lowest BCUT2D eigenvalue weighted by Gasteiger charge is -2.09. The second kappa shape index (κ2) is 6.58. The van der Waals surface area contributed by atoms with Gasteiger partial charge >= 0.3 is 0 Å². The molecule has 0 aliphatic carbocycles. The van der Waals surface area contributed by atoms with Crippen molar-refractivity contribution in [2.24, 2.45) is 0 Å². The van der Waals surface area contributed by atoms with E-state index in [-0.39, 0.29) is 5.91 Å². The molecule has 7 heteroatoms. The predicted molar refractivity (Wildman–Crippen MR) is 89.1 cm³/mol. The molecule has 1 unspecified atom stereocenters. The molecule has 116 valence electrons. The Morgan fingerprint density at radius 2 is 2.26 bits per heavy atom. The van der Waals surface area contributed by atoms with Crippen LogP contribution in [0.15, 0.2) is 36.5 Å². The van der Waals surface area contributed by atoms with Gasteiger partial charge in [0.25, 0.3) is 0 Å². The van der Waals surface area contributed by atoms with Crippen molar-refractivity contribution in [2.45, 2.75) is 25.8 Å². The number of aryl methyl sites for hydroxylation is 1. The Labute approximate surface area is 137 Å². The molecule has 2 heterocycles. The Balaban J connectivity index is 1.84. The third-order valence-electron chi connectivity index (χ3n) is 3.35. The number of fused-ring (bicyclic) bond motifs is 1. The number of thiazole rings is 1. The average molecular weight is 325 g/mol. The Hall–Kier alpha value is -2.72. The number of hydrogen-bond donors (Lipinski definition) is 1. The molecule has 0 saturated heterocycles. The minimum atomic E-state index is -0.933. The number of amides is 1. The highest BCUT2D eigenvalue weighted by Gasteiger charge is 2.25. The Morgan fingerprint density at radius 1 is 1.43 bits per heavy atom. The first-order valence-electron chi connectivity index (χ1n) is 7.30. The van der Waals surface area contributed by atoms with Gasteiger partial charge in [-0.2, -0.15) is 10.4 Å². The summed E-state index contributed by atoms with van der Waals surface area (Å²) in [6, 6.07) is 11.4. The van der Waals surface area contributed by atoms with Gasteiger partial charge in [-0.25, -0.2) is 9.67 Å².